The van der Waals surface area contributed by atoms with E-state index < -0.39 is 0 Å². The monoisotopic (exact) mass is 346 g/mol. The fraction of sp³-hybridized carbons (Fsp3) is 0.227. The summed E-state index contributed by atoms with van der Waals surface area (Å²) in [5, 5.41) is 12.2. The molecule has 4 nitrogen and oxygen atoms in total. The summed E-state index contributed by atoms with van der Waals surface area (Å²) in [4.78, 5) is 17.1. The van der Waals surface area contributed by atoms with E-state index in [4.69, 9.17) is 0 Å². The molecule has 3 aromatic carbocycles. The van der Waals surface area contributed by atoms with Crippen LogP contribution in [0.25, 0.3) is 10.8 Å². The molecule has 0 aromatic heterocycles. The van der Waals surface area contributed by atoms with Crippen molar-refractivity contribution in [1.82, 2.24) is 4.90 Å². The van der Waals surface area contributed by atoms with Crippen LogP contribution in [0, 0.1) is 6.92 Å². The molecule has 132 valence electrons. The molecular weight excluding hydrogens is 324 g/mol. The number of benzene rings is 3. The number of rotatable bonds is 2. The highest BCUT2D eigenvalue weighted by Crippen LogP contribution is 2.27. The first-order valence-corrected chi connectivity index (χ1v) is 8.95. The molecule has 1 saturated heterocycles. The van der Waals surface area contributed by atoms with Crippen LogP contribution < -0.4 is 4.90 Å². The number of hydrogen-bond acceptors (Lipinski definition) is 3. The molecule has 1 heterocycles. The number of phenols is 1. The van der Waals surface area contributed by atoms with Crippen molar-refractivity contribution in [2.75, 3.05) is 31.1 Å². The molecule has 0 unspecified atom stereocenters. The summed E-state index contributed by atoms with van der Waals surface area (Å²) in [6, 6.07) is 19.6. The molecule has 1 N–H and O–H groups in total. The lowest BCUT2D eigenvalue weighted by Gasteiger charge is -2.37. The maximum atomic E-state index is 12.9. The van der Waals surface area contributed by atoms with E-state index in [2.05, 4.69) is 24.0 Å². The minimum atomic E-state index is -0.0994. The zero-order valence-corrected chi connectivity index (χ0v) is 14.9. The van der Waals surface area contributed by atoms with E-state index in [1.807, 2.05) is 41.3 Å². The lowest BCUT2D eigenvalue weighted by atomic mass is 10.0. The van der Waals surface area contributed by atoms with Crippen LogP contribution in [0.5, 0.6) is 5.75 Å². The SMILES string of the molecule is Cc1ccccc1N1CCN(C(=O)c2cc3ccccc3cc2O)CC1. The summed E-state index contributed by atoms with van der Waals surface area (Å²) in [7, 11) is 0. The molecule has 0 aliphatic carbocycles. The van der Waals surface area contributed by atoms with Crippen molar-refractivity contribution in [3.8, 4) is 5.75 Å². The molecule has 0 saturated carbocycles. The third-order valence-corrected chi connectivity index (χ3v) is 5.12. The van der Waals surface area contributed by atoms with Crippen molar-refractivity contribution in [3.05, 3.63) is 71.8 Å². The lowest BCUT2D eigenvalue weighted by Crippen LogP contribution is -2.49. The van der Waals surface area contributed by atoms with Gasteiger partial charge >= 0.3 is 0 Å². The van der Waals surface area contributed by atoms with Gasteiger partial charge in [-0.05, 0) is 41.5 Å². The van der Waals surface area contributed by atoms with Crippen molar-refractivity contribution in [2.24, 2.45) is 0 Å². The molecule has 0 bridgehead atoms. The van der Waals surface area contributed by atoms with E-state index in [0.717, 1.165) is 23.9 Å². The maximum absolute atomic E-state index is 12.9. The van der Waals surface area contributed by atoms with Crippen LogP contribution in [0.15, 0.2) is 60.7 Å². The quantitative estimate of drug-likeness (QED) is 0.767. The van der Waals surface area contributed by atoms with Crippen LogP contribution in [0.3, 0.4) is 0 Å². The smallest absolute Gasteiger partial charge is 0.257 e. The number of piperazine rings is 1. The van der Waals surface area contributed by atoms with E-state index in [-0.39, 0.29) is 11.7 Å². The van der Waals surface area contributed by atoms with Crippen LogP contribution in [0.2, 0.25) is 0 Å². The number of fused-ring (bicyclic) bond motifs is 1. The number of para-hydroxylation sites is 1. The molecule has 4 heteroatoms. The van der Waals surface area contributed by atoms with Crippen LogP contribution in [-0.4, -0.2) is 42.1 Å². The van der Waals surface area contributed by atoms with Gasteiger partial charge in [0, 0.05) is 31.9 Å². The van der Waals surface area contributed by atoms with Crippen molar-refractivity contribution >= 4 is 22.4 Å². The molecule has 1 amide bonds. The molecule has 0 spiro atoms. The van der Waals surface area contributed by atoms with Gasteiger partial charge in [-0.25, -0.2) is 0 Å². The summed E-state index contributed by atoms with van der Waals surface area (Å²) >= 11 is 0. The van der Waals surface area contributed by atoms with Gasteiger partial charge in [0.25, 0.3) is 5.91 Å². The Morgan fingerprint density at radius 2 is 1.50 bits per heavy atom. The summed E-state index contributed by atoms with van der Waals surface area (Å²) in [6.07, 6.45) is 0. The van der Waals surface area contributed by atoms with Gasteiger partial charge in [-0.3, -0.25) is 4.79 Å². The second-order valence-electron chi connectivity index (χ2n) is 6.78. The van der Waals surface area contributed by atoms with Crippen molar-refractivity contribution in [2.45, 2.75) is 6.92 Å². The van der Waals surface area contributed by atoms with Crippen molar-refractivity contribution in [1.29, 1.82) is 0 Å². The Morgan fingerprint density at radius 1 is 0.885 bits per heavy atom. The Labute approximate surface area is 153 Å². The Kier molecular flexibility index (Phi) is 4.25. The fourth-order valence-corrected chi connectivity index (χ4v) is 3.64. The van der Waals surface area contributed by atoms with Crippen LogP contribution in [0.1, 0.15) is 15.9 Å². The standard InChI is InChI=1S/C22H22N2O2/c1-16-6-2-5-9-20(16)23-10-12-24(13-11-23)22(26)19-14-17-7-3-4-8-18(17)15-21(19)25/h2-9,14-15,25H,10-13H2,1H3. The first-order valence-electron chi connectivity index (χ1n) is 8.95. The lowest BCUT2D eigenvalue weighted by molar-refractivity contribution is 0.0744. The Hall–Kier alpha value is -3.01. The van der Waals surface area contributed by atoms with E-state index in [0.29, 0.717) is 18.7 Å². The predicted octanol–water partition coefficient (Wildman–Crippen LogP) is 3.82. The number of carbonyl (C=O) groups is 1. The Balaban J connectivity index is 1.52. The Morgan fingerprint density at radius 3 is 2.19 bits per heavy atom. The summed E-state index contributed by atoms with van der Waals surface area (Å²) in [6.45, 7) is 5.01. The van der Waals surface area contributed by atoms with E-state index in [9.17, 15) is 9.90 Å². The van der Waals surface area contributed by atoms with Gasteiger partial charge in [0.05, 0.1) is 5.56 Å². The number of phenolic OH excluding ortho intramolecular Hbond substituents is 1. The van der Waals surface area contributed by atoms with Gasteiger partial charge in [-0.15, -0.1) is 0 Å². The first kappa shape index (κ1) is 16.5. The number of aromatic hydroxyl groups is 1. The number of aryl methyl sites for hydroxylation is 1. The van der Waals surface area contributed by atoms with Crippen molar-refractivity contribution < 1.29 is 9.90 Å². The normalized spacial score (nSPS) is 14.7. The molecule has 1 aliphatic heterocycles. The second kappa shape index (κ2) is 6.71. The number of nitrogens with zero attached hydrogens (tertiary/aromatic N) is 2. The van der Waals surface area contributed by atoms with E-state index in [1.54, 1.807) is 12.1 Å². The number of hydrogen-bond donors (Lipinski definition) is 1. The van der Waals surface area contributed by atoms with Crippen LogP contribution >= 0.6 is 0 Å². The van der Waals surface area contributed by atoms with Gasteiger partial charge < -0.3 is 14.9 Å². The van der Waals surface area contributed by atoms with Crippen LogP contribution in [0.4, 0.5) is 5.69 Å². The molecule has 0 radical (unpaired) electrons. The third-order valence-electron chi connectivity index (χ3n) is 5.12. The highest BCUT2D eigenvalue weighted by atomic mass is 16.3. The molecule has 4 rings (SSSR count). The topological polar surface area (TPSA) is 43.8 Å². The second-order valence-corrected chi connectivity index (χ2v) is 6.78. The number of anilines is 1. The highest BCUT2D eigenvalue weighted by Gasteiger charge is 2.24. The summed E-state index contributed by atoms with van der Waals surface area (Å²) in [5.41, 5.74) is 2.86. The zero-order chi connectivity index (χ0) is 18.1. The molecule has 3 aromatic rings. The Bertz CT molecular complexity index is 959. The average Bonchev–Trinajstić information content (AvgIpc) is 2.67. The predicted molar refractivity (Wildman–Crippen MR) is 105 cm³/mol. The third kappa shape index (κ3) is 2.99. The molecule has 26 heavy (non-hydrogen) atoms. The van der Waals surface area contributed by atoms with Gasteiger partial charge in [-0.2, -0.15) is 0 Å². The van der Waals surface area contributed by atoms with Gasteiger partial charge in [-0.1, -0.05) is 42.5 Å². The molecular formula is C22H22N2O2. The summed E-state index contributed by atoms with van der Waals surface area (Å²) in [5.74, 6) is -0.0484. The number of carbonyl (C=O) groups excluding carboxylic acids is 1. The van der Waals surface area contributed by atoms with E-state index >= 15 is 0 Å². The fourth-order valence-electron chi connectivity index (χ4n) is 3.64. The highest BCUT2D eigenvalue weighted by molar-refractivity contribution is 6.01. The zero-order valence-electron chi connectivity index (χ0n) is 14.9. The van der Waals surface area contributed by atoms with Crippen LogP contribution in [-0.2, 0) is 0 Å². The molecule has 0 atom stereocenters. The maximum Gasteiger partial charge on any atom is 0.257 e. The molecule has 1 aliphatic rings. The largest absolute Gasteiger partial charge is 0.507 e. The van der Waals surface area contributed by atoms with E-state index in [1.165, 1.54) is 11.3 Å². The van der Waals surface area contributed by atoms with Gasteiger partial charge in [0.2, 0.25) is 0 Å². The van der Waals surface area contributed by atoms with Crippen molar-refractivity contribution in [3.63, 3.8) is 0 Å². The number of amides is 1. The summed E-state index contributed by atoms with van der Waals surface area (Å²) < 4.78 is 0. The minimum absolute atomic E-state index is 0.0510. The minimum Gasteiger partial charge on any atom is -0.507 e. The first-order chi connectivity index (χ1) is 12.6. The molecule has 1 fully saturated rings. The average molecular weight is 346 g/mol. The van der Waals surface area contributed by atoms with Gasteiger partial charge in [0.15, 0.2) is 0 Å². The van der Waals surface area contributed by atoms with Gasteiger partial charge in [0.1, 0.15) is 5.75 Å².